The van der Waals surface area contributed by atoms with Crippen LogP contribution in [0.5, 0.6) is 0 Å². The van der Waals surface area contributed by atoms with Gasteiger partial charge in [-0.05, 0) is 49.6 Å². The van der Waals surface area contributed by atoms with Crippen molar-refractivity contribution in [3.05, 3.63) is 63.1 Å². The van der Waals surface area contributed by atoms with Gasteiger partial charge in [0.25, 0.3) is 0 Å². The molecule has 0 spiro atoms. The van der Waals surface area contributed by atoms with Gasteiger partial charge in [-0.3, -0.25) is 13.9 Å². The van der Waals surface area contributed by atoms with E-state index in [2.05, 4.69) is 5.32 Å². The Balaban J connectivity index is 2.48. The Labute approximate surface area is 205 Å². The summed E-state index contributed by atoms with van der Waals surface area (Å²) in [6, 6.07) is 9.47. The van der Waals surface area contributed by atoms with Gasteiger partial charge in [0, 0.05) is 13.6 Å². The zero-order valence-corrected chi connectivity index (χ0v) is 21.7. The molecule has 0 saturated carbocycles. The molecule has 10 heteroatoms. The van der Waals surface area contributed by atoms with Crippen molar-refractivity contribution in [1.82, 2.24) is 10.2 Å². The van der Waals surface area contributed by atoms with Crippen LogP contribution in [0, 0.1) is 13.8 Å². The molecule has 0 aromatic heterocycles. The van der Waals surface area contributed by atoms with E-state index >= 15 is 0 Å². The molecule has 7 nitrogen and oxygen atoms in total. The van der Waals surface area contributed by atoms with Crippen LogP contribution in [0.15, 0.2) is 36.4 Å². The molecule has 1 N–H and O–H groups in total. The second-order valence-corrected chi connectivity index (χ2v) is 10.6. The highest BCUT2D eigenvalue weighted by molar-refractivity contribution is 7.92. The van der Waals surface area contributed by atoms with Gasteiger partial charge >= 0.3 is 0 Å². The minimum absolute atomic E-state index is 0.0616. The highest BCUT2D eigenvalue weighted by atomic mass is 35.5. The Hall–Kier alpha value is -2.29. The molecule has 2 amide bonds. The Morgan fingerprint density at radius 2 is 1.73 bits per heavy atom. The number of hydrogen-bond donors (Lipinski definition) is 1. The first-order chi connectivity index (χ1) is 15.4. The number of halogens is 2. The lowest BCUT2D eigenvalue weighted by atomic mass is 10.1. The number of nitrogens with zero attached hydrogens (tertiary/aromatic N) is 2. The van der Waals surface area contributed by atoms with Gasteiger partial charge < -0.3 is 10.2 Å². The number of carbonyl (C=O) groups is 2. The predicted molar refractivity (Wildman–Crippen MR) is 133 cm³/mol. The van der Waals surface area contributed by atoms with E-state index in [1.807, 2.05) is 13.0 Å². The molecule has 0 aliphatic carbocycles. The van der Waals surface area contributed by atoms with Crippen molar-refractivity contribution in [3.8, 4) is 0 Å². The van der Waals surface area contributed by atoms with Crippen molar-refractivity contribution in [1.29, 1.82) is 0 Å². The molecule has 2 aromatic carbocycles. The third-order valence-corrected chi connectivity index (χ3v) is 7.13. The maximum atomic E-state index is 13.5. The molecule has 0 radical (unpaired) electrons. The van der Waals surface area contributed by atoms with Gasteiger partial charge in [-0.2, -0.15) is 0 Å². The Bertz CT molecular complexity index is 1140. The molecule has 0 fully saturated rings. The van der Waals surface area contributed by atoms with Crippen molar-refractivity contribution in [3.63, 3.8) is 0 Å². The van der Waals surface area contributed by atoms with Gasteiger partial charge in [0.05, 0.1) is 22.0 Å². The Morgan fingerprint density at radius 1 is 1.06 bits per heavy atom. The zero-order valence-electron chi connectivity index (χ0n) is 19.4. The van der Waals surface area contributed by atoms with Crippen LogP contribution < -0.4 is 9.62 Å². The highest BCUT2D eigenvalue weighted by Gasteiger charge is 2.31. The molecule has 180 valence electrons. The predicted octanol–water partition coefficient (Wildman–Crippen LogP) is 3.93. The number of likely N-dealkylation sites (N-methyl/N-ethyl adjacent to an activating group) is 1. The fourth-order valence-corrected chi connectivity index (χ4v) is 4.83. The average Bonchev–Trinajstić information content (AvgIpc) is 2.73. The molecule has 0 saturated heterocycles. The lowest BCUT2D eigenvalue weighted by Crippen LogP contribution is -2.51. The smallest absolute Gasteiger partial charge is 0.244 e. The number of benzene rings is 2. The summed E-state index contributed by atoms with van der Waals surface area (Å²) in [5.41, 5.74) is 2.78. The maximum absolute atomic E-state index is 13.5. The Morgan fingerprint density at radius 3 is 2.24 bits per heavy atom. The van der Waals surface area contributed by atoms with E-state index in [9.17, 15) is 18.0 Å². The van der Waals surface area contributed by atoms with Gasteiger partial charge in [-0.25, -0.2) is 8.42 Å². The van der Waals surface area contributed by atoms with Crippen molar-refractivity contribution >= 4 is 50.7 Å². The van der Waals surface area contributed by atoms with Crippen LogP contribution in [0.4, 0.5) is 5.69 Å². The standard InChI is InChI=1S/C23H29Cl2N3O4S/c1-6-20(23(30)26-4)27(13-17-8-9-18(24)19(25)12-17)22(29)14-28(33(5,31)32)21-10-7-15(2)11-16(21)3/h7-12,20H,6,13-14H2,1-5H3,(H,26,30)/t20-/m0/s1. The van der Waals surface area contributed by atoms with Gasteiger partial charge in [-0.1, -0.05) is 53.9 Å². The third kappa shape index (κ3) is 6.85. The summed E-state index contributed by atoms with van der Waals surface area (Å²) < 4.78 is 26.4. The minimum atomic E-state index is -3.78. The van der Waals surface area contributed by atoms with E-state index in [-0.39, 0.29) is 12.5 Å². The molecule has 0 aliphatic heterocycles. The van der Waals surface area contributed by atoms with E-state index in [0.29, 0.717) is 27.7 Å². The van der Waals surface area contributed by atoms with Crippen LogP contribution in [-0.4, -0.2) is 51.0 Å². The molecule has 0 unspecified atom stereocenters. The largest absolute Gasteiger partial charge is 0.357 e. The summed E-state index contributed by atoms with van der Waals surface area (Å²) in [6.07, 6.45) is 1.40. The summed E-state index contributed by atoms with van der Waals surface area (Å²) in [6.45, 7) is 5.09. The first kappa shape index (κ1) is 27.0. The van der Waals surface area contributed by atoms with Gasteiger partial charge in [0.15, 0.2) is 0 Å². The second kappa shape index (κ2) is 11.2. The van der Waals surface area contributed by atoms with Gasteiger partial charge in [0.1, 0.15) is 12.6 Å². The normalized spacial score (nSPS) is 12.2. The summed E-state index contributed by atoms with van der Waals surface area (Å²) in [5, 5.41) is 3.27. The van der Waals surface area contributed by atoms with E-state index in [1.54, 1.807) is 44.2 Å². The van der Waals surface area contributed by atoms with Gasteiger partial charge in [0.2, 0.25) is 21.8 Å². The van der Waals surface area contributed by atoms with Crippen LogP contribution in [0.25, 0.3) is 0 Å². The number of hydrogen-bond acceptors (Lipinski definition) is 4. The van der Waals surface area contributed by atoms with E-state index < -0.39 is 28.5 Å². The van der Waals surface area contributed by atoms with Crippen LogP contribution in [0.2, 0.25) is 10.0 Å². The molecule has 0 aliphatic rings. The fourth-order valence-electron chi connectivity index (χ4n) is 3.60. The van der Waals surface area contributed by atoms with Crippen LogP contribution in [0.3, 0.4) is 0 Å². The summed E-state index contributed by atoms with van der Waals surface area (Å²) in [5.74, 6) is -0.856. The number of rotatable bonds is 9. The van der Waals surface area contributed by atoms with E-state index in [0.717, 1.165) is 21.7 Å². The number of anilines is 1. The topological polar surface area (TPSA) is 86.8 Å². The third-order valence-electron chi connectivity index (χ3n) is 5.27. The summed E-state index contributed by atoms with van der Waals surface area (Å²) >= 11 is 12.1. The summed E-state index contributed by atoms with van der Waals surface area (Å²) in [4.78, 5) is 27.4. The highest BCUT2D eigenvalue weighted by Crippen LogP contribution is 2.26. The first-order valence-corrected chi connectivity index (χ1v) is 13.0. The average molecular weight is 514 g/mol. The minimum Gasteiger partial charge on any atom is -0.357 e. The molecular weight excluding hydrogens is 485 g/mol. The fraction of sp³-hybridized carbons (Fsp3) is 0.391. The lowest BCUT2D eigenvalue weighted by Gasteiger charge is -2.33. The van der Waals surface area contributed by atoms with Gasteiger partial charge in [-0.15, -0.1) is 0 Å². The lowest BCUT2D eigenvalue weighted by molar-refractivity contribution is -0.140. The van der Waals surface area contributed by atoms with Crippen LogP contribution in [-0.2, 0) is 26.2 Å². The first-order valence-electron chi connectivity index (χ1n) is 10.4. The van der Waals surface area contributed by atoms with Crippen molar-refractivity contribution in [2.45, 2.75) is 39.8 Å². The molecule has 33 heavy (non-hydrogen) atoms. The zero-order chi connectivity index (χ0) is 24.9. The van der Waals surface area contributed by atoms with Crippen LogP contribution >= 0.6 is 23.2 Å². The molecule has 0 bridgehead atoms. The SMILES string of the molecule is CC[C@@H](C(=O)NC)N(Cc1ccc(Cl)c(Cl)c1)C(=O)CN(c1ccc(C)cc1C)S(C)(=O)=O. The monoisotopic (exact) mass is 513 g/mol. The molecule has 2 rings (SSSR count). The maximum Gasteiger partial charge on any atom is 0.244 e. The van der Waals surface area contributed by atoms with Crippen molar-refractivity contribution < 1.29 is 18.0 Å². The summed E-state index contributed by atoms with van der Waals surface area (Å²) in [7, 11) is -2.29. The number of nitrogens with one attached hydrogen (secondary N) is 1. The number of aryl methyl sites for hydroxylation is 2. The Kier molecular flexibility index (Phi) is 9.17. The van der Waals surface area contributed by atoms with Crippen molar-refractivity contribution in [2.75, 3.05) is 24.2 Å². The second-order valence-electron chi connectivity index (χ2n) is 7.87. The van der Waals surface area contributed by atoms with E-state index in [1.165, 1.54) is 11.9 Å². The molecular formula is C23H29Cl2N3O4S. The number of sulfonamides is 1. The van der Waals surface area contributed by atoms with E-state index in [4.69, 9.17) is 23.2 Å². The van der Waals surface area contributed by atoms with Crippen LogP contribution in [0.1, 0.15) is 30.0 Å². The van der Waals surface area contributed by atoms with Crippen molar-refractivity contribution in [2.24, 2.45) is 0 Å². The molecule has 0 heterocycles. The molecule has 2 aromatic rings. The molecule has 1 atom stereocenters. The number of carbonyl (C=O) groups excluding carboxylic acids is 2. The quantitative estimate of drug-likeness (QED) is 0.550. The number of amides is 2.